The van der Waals surface area contributed by atoms with Crippen molar-refractivity contribution >= 4 is 39.5 Å². The number of aliphatic hydroxyl groups excluding tert-OH is 1. The Morgan fingerprint density at radius 1 is 0.259 bits per heavy atom. The Bertz CT molecular complexity index is 2070. The van der Waals surface area contributed by atoms with Crippen molar-refractivity contribution in [2.75, 3.05) is 39.6 Å². The molecule has 0 aliphatic heterocycles. The smallest absolute Gasteiger partial charge is 0.462 e. The van der Waals surface area contributed by atoms with Crippen molar-refractivity contribution in [1.82, 2.24) is 0 Å². The first kappa shape index (κ1) is 106. The number of carbonyl (C=O) groups excluding carboxylic acids is 4. The van der Waals surface area contributed by atoms with Gasteiger partial charge in [0.15, 0.2) is 12.2 Å². The van der Waals surface area contributed by atoms with E-state index in [-0.39, 0.29) is 25.7 Å². The van der Waals surface area contributed by atoms with Gasteiger partial charge < -0.3 is 33.8 Å². The van der Waals surface area contributed by atoms with Gasteiger partial charge in [0.05, 0.1) is 26.4 Å². The number of phosphoric acid groups is 2. The fourth-order valence-corrected chi connectivity index (χ4v) is 15.5. The van der Waals surface area contributed by atoms with Gasteiger partial charge in [-0.2, -0.15) is 0 Å². The molecule has 0 radical (unpaired) electrons. The lowest BCUT2D eigenvalue weighted by Gasteiger charge is -2.21. The first-order valence-corrected chi connectivity index (χ1v) is 49.1. The molecule has 0 aromatic rings. The lowest BCUT2D eigenvalue weighted by atomic mass is 9.99. The van der Waals surface area contributed by atoms with Crippen LogP contribution >= 0.6 is 15.6 Å². The van der Waals surface area contributed by atoms with Crippen LogP contribution in [0, 0.1) is 11.8 Å². The van der Waals surface area contributed by atoms with Gasteiger partial charge >= 0.3 is 39.5 Å². The summed E-state index contributed by atoms with van der Waals surface area (Å²) >= 11 is 0. The molecule has 0 aromatic carbocycles. The molecule has 19 heteroatoms. The number of esters is 4. The molecule has 0 rings (SSSR count). The highest BCUT2D eigenvalue weighted by molar-refractivity contribution is 7.47. The topological polar surface area (TPSA) is 237 Å². The Hall–Kier alpha value is -1.94. The predicted molar refractivity (Wildman–Crippen MR) is 446 cm³/mol. The average Bonchev–Trinajstić information content (AvgIpc) is 0.897. The molecule has 0 saturated carbocycles. The Morgan fingerprint density at radius 2 is 0.444 bits per heavy atom. The maximum Gasteiger partial charge on any atom is 0.472 e. The van der Waals surface area contributed by atoms with E-state index in [9.17, 15) is 43.2 Å². The number of hydrogen-bond donors (Lipinski definition) is 3. The number of hydrogen-bond acceptors (Lipinski definition) is 15. The lowest BCUT2D eigenvalue weighted by Crippen LogP contribution is -2.30. The summed E-state index contributed by atoms with van der Waals surface area (Å²) in [6, 6.07) is 0. The summed E-state index contributed by atoms with van der Waals surface area (Å²) in [5.41, 5.74) is 0. The van der Waals surface area contributed by atoms with Crippen molar-refractivity contribution in [3.63, 3.8) is 0 Å². The first-order valence-electron chi connectivity index (χ1n) is 46.1. The quantitative estimate of drug-likeness (QED) is 0.0222. The largest absolute Gasteiger partial charge is 0.472 e. The van der Waals surface area contributed by atoms with Crippen LogP contribution in [-0.4, -0.2) is 96.7 Å². The number of phosphoric ester groups is 2. The molecule has 0 bridgehead atoms. The van der Waals surface area contributed by atoms with Crippen molar-refractivity contribution < 1.29 is 80.2 Å². The number of aliphatic hydroxyl groups is 1. The number of unbranched alkanes of at least 4 members (excludes halogenated alkanes) is 56. The molecule has 0 aliphatic rings. The van der Waals surface area contributed by atoms with Gasteiger partial charge in [-0.25, -0.2) is 9.13 Å². The van der Waals surface area contributed by atoms with Gasteiger partial charge in [0.25, 0.3) is 0 Å². The Labute approximate surface area is 664 Å². The SMILES string of the molecule is CCCCCCCCCCCCCCCCCCCC(=O)O[C@H](COC(=O)CCCCCCCCCCCCC)COP(=O)(O)OC[C@H](O)COP(=O)(O)OC[C@@H](COC(=O)CCCCCCCCCCCCCCCCC(C)CC)OC(=O)CCCCCCCCCCCCCCCCCCCCC(C)CC. The van der Waals surface area contributed by atoms with Crippen LogP contribution in [0.3, 0.4) is 0 Å². The van der Waals surface area contributed by atoms with E-state index >= 15 is 0 Å². The molecule has 3 N–H and O–H groups in total. The van der Waals surface area contributed by atoms with E-state index in [0.717, 1.165) is 102 Å². The summed E-state index contributed by atoms with van der Waals surface area (Å²) in [6.45, 7) is 9.81. The Kier molecular flexibility index (Phi) is 78.8. The molecular formula is C89H174O17P2. The molecule has 17 nitrogen and oxygen atoms in total. The van der Waals surface area contributed by atoms with Crippen LogP contribution in [0.1, 0.15) is 478 Å². The number of ether oxygens (including phenoxy) is 4. The Balaban J connectivity index is 5.24. The van der Waals surface area contributed by atoms with Gasteiger partial charge in [-0.05, 0) is 37.5 Å². The maximum atomic E-state index is 13.2. The molecule has 0 amide bonds. The molecule has 0 aliphatic carbocycles. The zero-order valence-corrected chi connectivity index (χ0v) is 73.0. The van der Waals surface area contributed by atoms with Gasteiger partial charge in [-0.15, -0.1) is 0 Å². The fourth-order valence-electron chi connectivity index (χ4n) is 13.9. The highest BCUT2D eigenvalue weighted by atomic mass is 31.2. The van der Waals surface area contributed by atoms with Crippen LogP contribution in [0.25, 0.3) is 0 Å². The van der Waals surface area contributed by atoms with Crippen LogP contribution in [0.5, 0.6) is 0 Å². The summed E-state index contributed by atoms with van der Waals surface area (Å²) in [7, 11) is -9.93. The van der Waals surface area contributed by atoms with Crippen molar-refractivity contribution in [2.24, 2.45) is 11.8 Å². The van der Waals surface area contributed by atoms with E-state index in [4.69, 9.17) is 37.0 Å². The average molecular weight is 1580 g/mol. The van der Waals surface area contributed by atoms with Crippen molar-refractivity contribution in [2.45, 2.75) is 496 Å². The van der Waals surface area contributed by atoms with Gasteiger partial charge in [-0.1, -0.05) is 427 Å². The zero-order valence-electron chi connectivity index (χ0n) is 71.2. The van der Waals surface area contributed by atoms with Crippen LogP contribution in [-0.2, 0) is 65.4 Å². The monoisotopic (exact) mass is 1580 g/mol. The Morgan fingerprint density at radius 3 is 0.657 bits per heavy atom. The minimum atomic E-state index is -4.97. The van der Waals surface area contributed by atoms with Gasteiger partial charge in [0, 0.05) is 25.7 Å². The van der Waals surface area contributed by atoms with E-state index in [1.54, 1.807) is 0 Å². The highest BCUT2D eigenvalue weighted by Crippen LogP contribution is 2.45. The molecule has 642 valence electrons. The second-order valence-electron chi connectivity index (χ2n) is 32.5. The maximum absolute atomic E-state index is 13.2. The standard InChI is InChI=1S/C89H174O17P2/c1-7-11-13-15-17-19-21-22-23-26-30-37-43-49-55-61-67-73-88(93)105-84(77-99-86(91)71-65-59-53-47-39-20-18-16-14-12-8-2)79-103-107(95,96)101-75-83(90)76-102-108(97,98)104-80-85(78-100-87(92)72-66-60-54-48-42-36-33-32-35-41-46-52-58-64-70-82(6)10-4)106-89(94)74-68-62-56-50-44-38-31-28-25-24-27-29-34-40-45-51-57-63-69-81(5)9-3/h81-85,90H,7-80H2,1-6H3,(H,95,96)(H,97,98)/t81?,82?,83-,84+,85+/m0/s1. The molecule has 7 atom stereocenters. The van der Waals surface area contributed by atoms with Crippen molar-refractivity contribution in [3.05, 3.63) is 0 Å². The zero-order chi connectivity index (χ0) is 79.2. The van der Waals surface area contributed by atoms with E-state index in [0.29, 0.717) is 25.7 Å². The van der Waals surface area contributed by atoms with Crippen LogP contribution in [0.15, 0.2) is 0 Å². The van der Waals surface area contributed by atoms with E-state index < -0.39 is 97.5 Å². The number of rotatable bonds is 88. The van der Waals surface area contributed by atoms with Gasteiger partial charge in [0.2, 0.25) is 0 Å². The number of carbonyl (C=O) groups is 4. The molecule has 4 unspecified atom stereocenters. The normalized spacial score (nSPS) is 14.3. The van der Waals surface area contributed by atoms with E-state index in [1.165, 1.54) is 295 Å². The summed E-state index contributed by atoms with van der Waals surface area (Å²) in [5.74, 6) is -0.376. The second-order valence-corrected chi connectivity index (χ2v) is 35.4. The van der Waals surface area contributed by atoms with E-state index in [2.05, 4.69) is 41.5 Å². The third kappa shape index (κ3) is 79.3. The van der Waals surface area contributed by atoms with Gasteiger partial charge in [-0.3, -0.25) is 37.3 Å². The molecular weight excluding hydrogens is 1400 g/mol. The lowest BCUT2D eigenvalue weighted by molar-refractivity contribution is -0.161. The predicted octanol–water partition coefficient (Wildman–Crippen LogP) is 27.4. The molecule has 0 heterocycles. The first-order chi connectivity index (χ1) is 52.4. The van der Waals surface area contributed by atoms with Crippen molar-refractivity contribution in [1.29, 1.82) is 0 Å². The molecule has 0 spiro atoms. The van der Waals surface area contributed by atoms with Crippen LogP contribution in [0.2, 0.25) is 0 Å². The minimum absolute atomic E-state index is 0.109. The molecule has 0 aromatic heterocycles. The third-order valence-electron chi connectivity index (χ3n) is 21.7. The third-order valence-corrected chi connectivity index (χ3v) is 23.6. The fraction of sp³-hybridized carbons (Fsp3) is 0.955. The van der Waals surface area contributed by atoms with Crippen molar-refractivity contribution in [3.8, 4) is 0 Å². The van der Waals surface area contributed by atoms with Crippen LogP contribution in [0.4, 0.5) is 0 Å². The summed E-state index contributed by atoms with van der Waals surface area (Å²) in [5, 5.41) is 10.7. The molecule has 0 saturated heterocycles. The minimum Gasteiger partial charge on any atom is -0.462 e. The summed E-state index contributed by atoms with van der Waals surface area (Å²) < 4.78 is 69.0. The van der Waals surface area contributed by atoms with Crippen LogP contribution < -0.4 is 0 Å². The second kappa shape index (κ2) is 80.3. The molecule has 0 fully saturated rings. The summed E-state index contributed by atoms with van der Waals surface area (Å²) in [4.78, 5) is 73.3. The highest BCUT2D eigenvalue weighted by Gasteiger charge is 2.31. The summed E-state index contributed by atoms with van der Waals surface area (Å²) in [6.07, 6.45) is 73.4. The van der Waals surface area contributed by atoms with E-state index in [1.807, 2.05) is 0 Å². The molecule has 108 heavy (non-hydrogen) atoms. The van der Waals surface area contributed by atoms with Gasteiger partial charge in [0.1, 0.15) is 19.3 Å².